The Balaban J connectivity index is 1.76. The van der Waals surface area contributed by atoms with Gasteiger partial charge in [-0.25, -0.2) is 9.59 Å². The highest BCUT2D eigenvalue weighted by Crippen LogP contribution is 2.15. The highest BCUT2D eigenvalue weighted by molar-refractivity contribution is 5.80. The predicted molar refractivity (Wildman–Crippen MR) is 103 cm³/mol. The molecule has 2 atom stereocenters. The van der Waals surface area contributed by atoms with Crippen molar-refractivity contribution >= 4 is 17.9 Å². The number of hydrogen-bond donors (Lipinski definition) is 3. The van der Waals surface area contributed by atoms with Gasteiger partial charge >= 0.3 is 12.1 Å². The van der Waals surface area contributed by atoms with Crippen LogP contribution in [0.15, 0.2) is 47.5 Å². The van der Waals surface area contributed by atoms with Crippen molar-refractivity contribution in [3.63, 3.8) is 0 Å². The lowest BCUT2D eigenvalue weighted by atomic mass is 10.1. The summed E-state index contributed by atoms with van der Waals surface area (Å²) in [7, 11) is 0. The summed E-state index contributed by atoms with van der Waals surface area (Å²) < 4.78 is 5.07. The fourth-order valence-electron chi connectivity index (χ4n) is 2.83. The Bertz CT molecular complexity index is 673. The number of aliphatic carboxylic acids is 1. The van der Waals surface area contributed by atoms with Gasteiger partial charge in [0.1, 0.15) is 12.6 Å². The van der Waals surface area contributed by atoms with E-state index in [0.29, 0.717) is 12.3 Å². The summed E-state index contributed by atoms with van der Waals surface area (Å²) in [5.74, 6) is -0.412. The lowest BCUT2D eigenvalue weighted by molar-refractivity contribution is -0.139. The van der Waals surface area contributed by atoms with Crippen molar-refractivity contribution in [3.8, 4) is 0 Å². The molecule has 7 heteroatoms. The normalized spacial score (nSPS) is 18.4. The van der Waals surface area contributed by atoms with Gasteiger partial charge in [-0.05, 0) is 31.2 Å². The first-order chi connectivity index (χ1) is 13.0. The van der Waals surface area contributed by atoms with Gasteiger partial charge in [0, 0.05) is 6.42 Å². The number of nitrogens with two attached hydrogens (primary N) is 1. The summed E-state index contributed by atoms with van der Waals surface area (Å²) in [6.07, 6.45) is 7.79. The first-order valence-electron chi connectivity index (χ1n) is 9.21. The summed E-state index contributed by atoms with van der Waals surface area (Å²) >= 11 is 0. The molecule has 0 spiro atoms. The van der Waals surface area contributed by atoms with Gasteiger partial charge in [-0.3, -0.25) is 4.99 Å². The summed E-state index contributed by atoms with van der Waals surface area (Å²) in [6, 6.07) is 8.32. The topological polar surface area (TPSA) is 114 Å². The quantitative estimate of drug-likeness (QED) is 0.606. The van der Waals surface area contributed by atoms with Crippen molar-refractivity contribution < 1.29 is 19.4 Å². The van der Waals surface area contributed by atoms with E-state index in [2.05, 4.69) is 10.3 Å². The van der Waals surface area contributed by atoms with E-state index in [9.17, 15) is 14.7 Å². The molecule has 1 aliphatic rings. The number of rotatable bonds is 8. The molecule has 0 fully saturated rings. The Labute approximate surface area is 159 Å². The maximum Gasteiger partial charge on any atom is 0.408 e. The minimum Gasteiger partial charge on any atom is -0.480 e. The number of carbonyl (C=O) groups is 2. The highest BCUT2D eigenvalue weighted by atomic mass is 16.5. The second-order valence-electron chi connectivity index (χ2n) is 6.56. The third-order valence-corrected chi connectivity index (χ3v) is 4.32. The summed E-state index contributed by atoms with van der Waals surface area (Å²) in [5.41, 5.74) is 6.67. The molecule has 1 amide bonds. The number of carboxylic acid groups (broad SMARTS) is 1. The zero-order valence-corrected chi connectivity index (χ0v) is 15.3. The Kier molecular flexibility index (Phi) is 8.35. The molecule has 1 aliphatic heterocycles. The monoisotopic (exact) mass is 373 g/mol. The molecule has 1 aromatic rings. The molecule has 0 bridgehead atoms. The number of aliphatic imine (C=N–C) groups is 1. The zero-order chi connectivity index (χ0) is 19.5. The van der Waals surface area contributed by atoms with Crippen LogP contribution in [0.4, 0.5) is 4.79 Å². The number of alkyl carbamates (subject to hydrolysis) is 1. The van der Waals surface area contributed by atoms with E-state index in [1.807, 2.05) is 36.4 Å². The van der Waals surface area contributed by atoms with Gasteiger partial charge < -0.3 is 20.9 Å². The Morgan fingerprint density at radius 1 is 1.30 bits per heavy atom. The van der Waals surface area contributed by atoms with Gasteiger partial charge in [0.05, 0.1) is 11.9 Å². The van der Waals surface area contributed by atoms with Crippen molar-refractivity contribution in [1.82, 2.24) is 5.32 Å². The van der Waals surface area contributed by atoms with Gasteiger partial charge in [0.15, 0.2) is 0 Å². The van der Waals surface area contributed by atoms with Crippen LogP contribution in [0.5, 0.6) is 0 Å². The first-order valence-corrected chi connectivity index (χ1v) is 9.21. The van der Waals surface area contributed by atoms with Gasteiger partial charge in [-0.2, -0.15) is 0 Å². The number of amides is 1. The van der Waals surface area contributed by atoms with E-state index >= 15 is 0 Å². The maximum atomic E-state index is 11.8. The molecule has 0 radical (unpaired) electrons. The van der Waals surface area contributed by atoms with E-state index in [4.69, 9.17) is 10.5 Å². The van der Waals surface area contributed by atoms with Crippen LogP contribution >= 0.6 is 0 Å². The largest absolute Gasteiger partial charge is 0.480 e. The van der Waals surface area contributed by atoms with E-state index in [1.165, 1.54) is 0 Å². The summed E-state index contributed by atoms with van der Waals surface area (Å²) in [5, 5.41) is 11.7. The Morgan fingerprint density at radius 3 is 2.81 bits per heavy atom. The second-order valence-corrected chi connectivity index (χ2v) is 6.56. The highest BCUT2D eigenvalue weighted by Gasteiger charge is 2.19. The van der Waals surface area contributed by atoms with Gasteiger partial charge in [0.2, 0.25) is 0 Å². The number of nitrogens with zero attached hydrogens (tertiary/aromatic N) is 1. The van der Waals surface area contributed by atoms with Gasteiger partial charge in [-0.1, -0.05) is 48.9 Å². The van der Waals surface area contributed by atoms with Crippen LogP contribution in [-0.2, 0) is 16.1 Å². The Morgan fingerprint density at radius 2 is 2.07 bits per heavy atom. The molecule has 0 unspecified atom stereocenters. The van der Waals surface area contributed by atoms with Crippen LogP contribution in [0.2, 0.25) is 0 Å². The van der Waals surface area contributed by atoms with Gasteiger partial charge in [0.25, 0.3) is 0 Å². The molecule has 4 N–H and O–H groups in total. The molecule has 7 nitrogen and oxygen atoms in total. The SMILES string of the molecule is NC1=N[C@@H](C/C=C/C[C@H](NC(=O)OCc2ccccc2)C(=O)O)CCCC1. The van der Waals surface area contributed by atoms with Crippen LogP contribution in [0.1, 0.15) is 44.1 Å². The molecule has 2 rings (SSSR count). The number of hydrogen-bond acceptors (Lipinski definition) is 5. The van der Waals surface area contributed by atoms with Crippen molar-refractivity contribution in [1.29, 1.82) is 0 Å². The molecule has 0 aromatic heterocycles. The average molecular weight is 373 g/mol. The van der Waals surface area contributed by atoms with Crippen molar-refractivity contribution in [2.24, 2.45) is 10.7 Å². The first kappa shape index (κ1) is 20.5. The number of carboxylic acids is 1. The number of benzene rings is 1. The summed E-state index contributed by atoms with van der Waals surface area (Å²) in [6.45, 7) is 0.0932. The molecule has 1 heterocycles. The average Bonchev–Trinajstić information content (AvgIpc) is 2.87. The number of amidine groups is 1. The summed E-state index contributed by atoms with van der Waals surface area (Å²) in [4.78, 5) is 27.7. The van der Waals surface area contributed by atoms with Gasteiger partial charge in [-0.15, -0.1) is 0 Å². The molecular weight excluding hydrogens is 346 g/mol. The zero-order valence-electron chi connectivity index (χ0n) is 15.3. The lowest BCUT2D eigenvalue weighted by Gasteiger charge is -2.13. The van der Waals surface area contributed by atoms with E-state index < -0.39 is 18.1 Å². The Hall–Kier alpha value is -2.83. The van der Waals surface area contributed by atoms with Crippen LogP contribution in [-0.4, -0.2) is 35.1 Å². The molecule has 27 heavy (non-hydrogen) atoms. The fourth-order valence-corrected chi connectivity index (χ4v) is 2.83. The van der Waals surface area contributed by atoms with E-state index in [-0.39, 0.29) is 19.1 Å². The minimum absolute atomic E-state index is 0.0932. The van der Waals surface area contributed by atoms with E-state index in [0.717, 1.165) is 31.2 Å². The maximum absolute atomic E-state index is 11.8. The molecule has 1 aromatic carbocycles. The van der Waals surface area contributed by atoms with Crippen molar-refractivity contribution in [3.05, 3.63) is 48.0 Å². The second kappa shape index (κ2) is 11.0. The van der Waals surface area contributed by atoms with Crippen LogP contribution < -0.4 is 11.1 Å². The third kappa shape index (κ3) is 7.94. The molecular formula is C20H27N3O4. The van der Waals surface area contributed by atoms with Crippen LogP contribution in [0.25, 0.3) is 0 Å². The third-order valence-electron chi connectivity index (χ3n) is 4.32. The molecule has 0 saturated carbocycles. The predicted octanol–water partition coefficient (Wildman–Crippen LogP) is 3.00. The molecule has 0 aliphatic carbocycles. The number of ether oxygens (including phenoxy) is 1. The smallest absolute Gasteiger partial charge is 0.408 e. The minimum atomic E-state index is -1.10. The van der Waals surface area contributed by atoms with Crippen LogP contribution in [0.3, 0.4) is 0 Å². The standard InChI is InChI=1S/C20H27N3O4/c21-18-13-7-5-11-16(22-18)10-4-6-12-17(19(24)25)23-20(26)27-14-15-8-2-1-3-9-15/h1-4,6,8-9,16-17H,5,7,10-14H2,(H2,21,22)(H,23,26)(H,24,25)/b6-4+/t16-,17-/m0/s1. The number of nitrogens with one attached hydrogen (secondary N) is 1. The molecule has 146 valence electrons. The van der Waals surface area contributed by atoms with Crippen LogP contribution in [0, 0.1) is 0 Å². The lowest BCUT2D eigenvalue weighted by Crippen LogP contribution is -2.40. The van der Waals surface area contributed by atoms with Crippen molar-refractivity contribution in [2.45, 2.75) is 57.2 Å². The van der Waals surface area contributed by atoms with E-state index in [1.54, 1.807) is 6.08 Å². The molecule has 0 saturated heterocycles. The fraction of sp³-hybridized carbons (Fsp3) is 0.450. The van der Waals surface area contributed by atoms with Crippen molar-refractivity contribution in [2.75, 3.05) is 0 Å². The number of carbonyl (C=O) groups excluding carboxylic acids is 1.